The van der Waals surface area contributed by atoms with Crippen molar-refractivity contribution in [1.82, 2.24) is 10.3 Å². The van der Waals surface area contributed by atoms with Crippen LogP contribution in [-0.4, -0.2) is 11.0 Å². The second-order valence-corrected chi connectivity index (χ2v) is 6.97. The molecule has 1 N–H and O–H groups in total. The van der Waals surface area contributed by atoms with Crippen LogP contribution in [0.3, 0.4) is 0 Å². The van der Waals surface area contributed by atoms with Gasteiger partial charge in [0.15, 0.2) is 0 Å². The molecule has 0 atom stereocenters. The van der Waals surface area contributed by atoms with Crippen LogP contribution in [0.5, 0.6) is 0 Å². The maximum absolute atomic E-state index is 4.85. The second kappa shape index (κ2) is 7.00. The van der Waals surface area contributed by atoms with Crippen LogP contribution < -0.4 is 5.32 Å². The fraction of sp³-hybridized carbons (Fsp3) is 0.471. The van der Waals surface area contributed by atoms with Crippen LogP contribution in [0, 0.1) is 5.92 Å². The number of hydrogen-bond acceptors (Lipinski definition) is 3. The Kier molecular flexibility index (Phi) is 5.32. The van der Waals surface area contributed by atoms with Gasteiger partial charge in [0.25, 0.3) is 0 Å². The van der Waals surface area contributed by atoms with E-state index in [1.165, 1.54) is 21.1 Å². The quantitative estimate of drug-likeness (QED) is 0.846. The molecule has 20 heavy (non-hydrogen) atoms. The van der Waals surface area contributed by atoms with Gasteiger partial charge in [-0.3, -0.25) is 0 Å². The van der Waals surface area contributed by atoms with Crippen molar-refractivity contribution in [2.45, 2.75) is 46.7 Å². The number of rotatable bonds is 6. The van der Waals surface area contributed by atoms with E-state index in [2.05, 4.69) is 63.3 Å². The van der Waals surface area contributed by atoms with Crippen molar-refractivity contribution in [3.63, 3.8) is 0 Å². The summed E-state index contributed by atoms with van der Waals surface area (Å²) < 4.78 is 0. The molecule has 0 saturated carbocycles. The van der Waals surface area contributed by atoms with Gasteiger partial charge in [-0.05, 0) is 11.5 Å². The topological polar surface area (TPSA) is 24.9 Å². The molecular formula is C17H24N2S. The third-order valence-corrected chi connectivity index (χ3v) is 4.21. The SMILES string of the molecule is CC(C)Cc1nc(CNC(C)C)c(-c2ccccc2)s1. The lowest BCUT2D eigenvalue weighted by Crippen LogP contribution is -2.22. The number of nitrogens with one attached hydrogen (secondary N) is 1. The number of hydrogen-bond donors (Lipinski definition) is 1. The van der Waals surface area contributed by atoms with E-state index in [1.54, 1.807) is 0 Å². The summed E-state index contributed by atoms with van der Waals surface area (Å²) in [7, 11) is 0. The summed E-state index contributed by atoms with van der Waals surface area (Å²) >= 11 is 1.84. The Morgan fingerprint density at radius 1 is 1.10 bits per heavy atom. The summed E-state index contributed by atoms with van der Waals surface area (Å²) in [6.45, 7) is 9.68. The number of benzene rings is 1. The summed E-state index contributed by atoms with van der Waals surface area (Å²) in [6.07, 6.45) is 1.06. The molecule has 1 heterocycles. The lowest BCUT2D eigenvalue weighted by molar-refractivity contribution is 0.580. The lowest BCUT2D eigenvalue weighted by Gasteiger charge is -2.07. The van der Waals surface area contributed by atoms with Crippen molar-refractivity contribution in [2.24, 2.45) is 5.92 Å². The van der Waals surface area contributed by atoms with Gasteiger partial charge >= 0.3 is 0 Å². The molecule has 2 nitrogen and oxygen atoms in total. The molecule has 1 aromatic carbocycles. The van der Waals surface area contributed by atoms with E-state index >= 15 is 0 Å². The third kappa shape index (κ3) is 4.15. The van der Waals surface area contributed by atoms with E-state index in [4.69, 9.17) is 4.98 Å². The van der Waals surface area contributed by atoms with Crippen molar-refractivity contribution < 1.29 is 0 Å². The average molecular weight is 288 g/mol. The van der Waals surface area contributed by atoms with Crippen LogP contribution in [0.4, 0.5) is 0 Å². The van der Waals surface area contributed by atoms with Gasteiger partial charge in [0, 0.05) is 19.0 Å². The first-order valence-corrected chi connectivity index (χ1v) is 8.15. The van der Waals surface area contributed by atoms with Crippen molar-refractivity contribution in [3.8, 4) is 10.4 Å². The highest BCUT2D eigenvalue weighted by Gasteiger charge is 2.13. The smallest absolute Gasteiger partial charge is 0.0937 e. The minimum atomic E-state index is 0.480. The summed E-state index contributed by atoms with van der Waals surface area (Å²) in [6, 6.07) is 11.1. The average Bonchev–Trinajstić information content (AvgIpc) is 2.79. The monoisotopic (exact) mass is 288 g/mol. The van der Waals surface area contributed by atoms with Crippen LogP contribution >= 0.6 is 11.3 Å². The van der Waals surface area contributed by atoms with Gasteiger partial charge < -0.3 is 5.32 Å². The van der Waals surface area contributed by atoms with Gasteiger partial charge in [0.2, 0.25) is 0 Å². The Hall–Kier alpha value is -1.19. The van der Waals surface area contributed by atoms with Gasteiger partial charge in [0.1, 0.15) is 0 Å². The van der Waals surface area contributed by atoms with Crippen LogP contribution in [0.15, 0.2) is 30.3 Å². The standard InChI is InChI=1S/C17H24N2S/c1-12(2)10-16-19-15(11-18-13(3)4)17(20-16)14-8-6-5-7-9-14/h5-9,12-13,18H,10-11H2,1-4H3. The van der Waals surface area contributed by atoms with E-state index in [0.717, 1.165) is 13.0 Å². The first-order valence-electron chi connectivity index (χ1n) is 7.33. The highest BCUT2D eigenvalue weighted by molar-refractivity contribution is 7.15. The Balaban J connectivity index is 2.29. The van der Waals surface area contributed by atoms with Gasteiger partial charge in [0.05, 0.1) is 15.6 Å². The zero-order valence-electron chi connectivity index (χ0n) is 12.8. The lowest BCUT2D eigenvalue weighted by atomic mass is 10.1. The predicted octanol–water partition coefficient (Wildman–Crippen LogP) is 4.51. The fourth-order valence-corrected chi connectivity index (χ4v) is 3.37. The Labute approximate surface area is 126 Å². The molecule has 0 saturated heterocycles. The van der Waals surface area contributed by atoms with Crippen LogP contribution in [0.2, 0.25) is 0 Å². The highest BCUT2D eigenvalue weighted by atomic mass is 32.1. The van der Waals surface area contributed by atoms with E-state index in [1.807, 2.05) is 11.3 Å². The molecular weight excluding hydrogens is 264 g/mol. The van der Waals surface area contributed by atoms with E-state index < -0.39 is 0 Å². The minimum absolute atomic E-state index is 0.480. The van der Waals surface area contributed by atoms with Crippen molar-refractivity contribution >= 4 is 11.3 Å². The van der Waals surface area contributed by atoms with Crippen LogP contribution in [-0.2, 0) is 13.0 Å². The molecule has 1 aromatic heterocycles. The maximum atomic E-state index is 4.85. The number of aromatic nitrogens is 1. The zero-order valence-corrected chi connectivity index (χ0v) is 13.6. The van der Waals surface area contributed by atoms with Crippen molar-refractivity contribution in [2.75, 3.05) is 0 Å². The summed E-state index contributed by atoms with van der Waals surface area (Å²) in [4.78, 5) is 6.17. The number of nitrogens with zero attached hydrogens (tertiary/aromatic N) is 1. The molecule has 3 heteroatoms. The molecule has 0 radical (unpaired) electrons. The van der Waals surface area contributed by atoms with Gasteiger partial charge in [-0.15, -0.1) is 11.3 Å². The normalized spacial score (nSPS) is 11.5. The molecule has 0 bridgehead atoms. The molecule has 0 fully saturated rings. The molecule has 0 spiro atoms. The van der Waals surface area contributed by atoms with Gasteiger partial charge in [-0.1, -0.05) is 58.0 Å². The van der Waals surface area contributed by atoms with Gasteiger partial charge in [-0.2, -0.15) is 0 Å². The minimum Gasteiger partial charge on any atom is -0.309 e. The molecule has 108 valence electrons. The molecule has 0 aliphatic rings. The predicted molar refractivity (Wildman–Crippen MR) is 88.1 cm³/mol. The molecule has 0 amide bonds. The van der Waals surface area contributed by atoms with Crippen molar-refractivity contribution in [3.05, 3.63) is 41.0 Å². The first kappa shape index (κ1) is 15.2. The molecule has 2 aromatic rings. The molecule has 0 unspecified atom stereocenters. The second-order valence-electron chi connectivity index (χ2n) is 5.88. The van der Waals surface area contributed by atoms with E-state index in [9.17, 15) is 0 Å². The van der Waals surface area contributed by atoms with Crippen LogP contribution in [0.25, 0.3) is 10.4 Å². The Morgan fingerprint density at radius 3 is 2.40 bits per heavy atom. The summed E-state index contributed by atoms with van der Waals surface area (Å²) in [5.41, 5.74) is 2.46. The Morgan fingerprint density at radius 2 is 1.80 bits per heavy atom. The van der Waals surface area contributed by atoms with E-state index in [-0.39, 0.29) is 0 Å². The summed E-state index contributed by atoms with van der Waals surface area (Å²) in [5.74, 6) is 0.649. The largest absolute Gasteiger partial charge is 0.309 e. The first-order chi connectivity index (χ1) is 9.56. The Bertz CT molecular complexity index is 529. The fourth-order valence-electron chi connectivity index (χ4n) is 2.07. The molecule has 0 aliphatic heterocycles. The highest BCUT2D eigenvalue weighted by Crippen LogP contribution is 2.31. The third-order valence-electron chi connectivity index (χ3n) is 3.04. The van der Waals surface area contributed by atoms with Gasteiger partial charge in [-0.25, -0.2) is 4.98 Å². The summed E-state index contributed by atoms with van der Waals surface area (Å²) in [5, 5.41) is 4.73. The molecule has 0 aliphatic carbocycles. The zero-order chi connectivity index (χ0) is 14.5. The maximum Gasteiger partial charge on any atom is 0.0937 e. The van der Waals surface area contributed by atoms with E-state index in [0.29, 0.717) is 12.0 Å². The number of thiazole rings is 1. The molecule has 2 rings (SSSR count). The van der Waals surface area contributed by atoms with Crippen molar-refractivity contribution in [1.29, 1.82) is 0 Å². The van der Waals surface area contributed by atoms with Crippen LogP contribution in [0.1, 0.15) is 38.4 Å².